The highest BCUT2D eigenvalue weighted by molar-refractivity contribution is 7.62. The third kappa shape index (κ3) is 3.51. The predicted octanol–water partition coefficient (Wildman–Crippen LogP) is 1.72. The first-order chi connectivity index (χ1) is 11.3. The maximum Gasteiger partial charge on any atom is 0.361 e. The summed E-state index contributed by atoms with van der Waals surface area (Å²) in [6, 6.07) is 4.61. The Hall–Kier alpha value is -2.15. The number of carboxylic acid groups (broad SMARTS) is 1. The average molecular weight is 354 g/mol. The summed E-state index contributed by atoms with van der Waals surface area (Å²) in [7, 11) is -3.52. The number of primary amides is 1. The Labute approximate surface area is 138 Å². The number of nitrogens with two attached hydrogens (primary N) is 1. The van der Waals surface area contributed by atoms with E-state index in [4.69, 9.17) is 19.9 Å². The molecule has 3 N–H and O–H groups in total. The fraction of sp³-hybridized carbons (Fsp3) is 0.333. The van der Waals surface area contributed by atoms with Gasteiger partial charge in [0.15, 0.2) is 0 Å². The van der Waals surface area contributed by atoms with Gasteiger partial charge in [-0.2, -0.15) is 0 Å². The monoisotopic (exact) mass is 354 g/mol. The van der Waals surface area contributed by atoms with E-state index in [1.54, 1.807) is 19.9 Å². The molecule has 0 unspecified atom stereocenters. The normalized spacial score (nSPS) is 11.8. The lowest BCUT2D eigenvalue weighted by Gasteiger charge is -2.17. The molecule has 0 saturated carbocycles. The minimum absolute atomic E-state index is 0.146. The SMILES string of the molecule is CCOP(=O)(OCC)c1ccc2c(c1)c(C(N)=O)cn2CC(=O)O. The Morgan fingerprint density at radius 3 is 2.38 bits per heavy atom. The van der Waals surface area contributed by atoms with Crippen molar-refractivity contribution in [1.82, 2.24) is 4.57 Å². The molecule has 0 spiro atoms. The molecule has 0 aliphatic rings. The Balaban J connectivity index is 2.64. The zero-order valence-electron chi connectivity index (χ0n) is 13.4. The smallest absolute Gasteiger partial charge is 0.361 e. The zero-order valence-corrected chi connectivity index (χ0v) is 14.3. The third-order valence-electron chi connectivity index (χ3n) is 3.35. The van der Waals surface area contributed by atoms with Crippen LogP contribution in [0.3, 0.4) is 0 Å². The number of nitrogens with zero attached hydrogens (tertiary/aromatic N) is 1. The molecule has 8 nitrogen and oxygen atoms in total. The molecule has 0 atom stereocenters. The van der Waals surface area contributed by atoms with Crippen molar-refractivity contribution in [3.8, 4) is 0 Å². The summed E-state index contributed by atoms with van der Waals surface area (Å²) in [5, 5.41) is 9.67. The molecule has 1 aromatic heterocycles. The molecule has 1 aromatic carbocycles. The van der Waals surface area contributed by atoms with E-state index in [9.17, 15) is 14.2 Å². The van der Waals surface area contributed by atoms with Gasteiger partial charge in [0.05, 0.1) is 24.1 Å². The van der Waals surface area contributed by atoms with Crippen LogP contribution in [-0.4, -0.2) is 34.8 Å². The van der Waals surface area contributed by atoms with Crippen LogP contribution < -0.4 is 11.0 Å². The van der Waals surface area contributed by atoms with E-state index in [0.29, 0.717) is 10.9 Å². The molecular weight excluding hydrogens is 335 g/mol. The highest BCUT2D eigenvalue weighted by Crippen LogP contribution is 2.47. The van der Waals surface area contributed by atoms with Crippen molar-refractivity contribution in [1.29, 1.82) is 0 Å². The second-order valence-corrected chi connectivity index (χ2v) is 6.99. The van der Waals surface area contributed by atoms with Crippen LogP contribution >= 0.6 is 7.60 Å². The van der Waals surface area contributed by atoms with E-state index in [-0.39, 0.29) is 30.6 Å². The van der Waals surface area contributed by atoms with Crippen molar-refractivity contribution in [2.75, 3.05) is 13.2 Å². The number of aromatic nitrogens is 1. The van der Waals surface area contributed by atoms with Gasteiger partial charge in [-0.05, 0) is 32.0 Å². The van der Waals surface area contributed by atoms with E-state index in [0.717, 1.165) is 0 Å². The average Bonchev–Trinajstić information content (AvgIpc) is 2.85. The highest BCUT2D eigenvalue weighted by Gasteiger charge is 2.28. The lowest BCUT2D eigenvalue weighted by molar-refractivity contribution is -0.137. The fourth-order valence-corrected chi connectivity index (χ4v) is 4.05. The number of carbonyl (C=O) groups excluding carboxylic acids is 1. The van der Waals surface area contributed by atoms with Crippen molar-refractivity contribution in [2.45, 2.75) is 20.4 Å². The number of amides is 1. The third-order valence-corrected chi connectivity index (χ3v) is 5.46. The van der Waals surface area contributed by atoms with Crippen LogP contribution in [0, 0.1) is 0 Å². The van der Waals surface area contributed by atoms with Gasteiger partial charge in [-0.3, -0.25) is 14.2 Å². The van der Waals surface area contributed by atoms with Gasteiger partial charge in [-0.15, -0.1) is 0 Å². The molecule has 0 bridgehead atoms. The number of hydrogen-bond acceptors (Lipinski definition) is 5. The molecule has 0 aliphatic carbocycles. The molecule has 1 amide bonds. The number of hydrogen-bond donors (Lipinski definition) is 2. The number of rotatable bonds is 8. The van der Waals surface area contributed by atoms with Crippen LogP contribution in [0.2, 0.25) is 0 Å². The quantitative estimate of drug-likeness (QED) is 0.696. The van der Waals surface area contributed by atoms with Crippen molar-refractivity contribution in [3.63, 3.8) is 0 Å². The van der Waals surface area contributed by atoms with Gasteiger partial charge >= 0.3 is 13.6 Å². The lowest BCUT2D eigenvalue weighted by Crippen LogP contribution is -2.12. The van der Waals surface area contributed by atoms with Gasteiger partial charge in [-0.1, -0.05) is 0 Å². The topological polar surface area (TPSA) is 121 Å². The summed E-state index contributed by atoms with van der Waals surface area (Å²) in [4.78, 5) is 22.6. The van der Waals surface area contributed by atoms with Gasteiger partial charge < -0.3 is 24.5 Å². The number of fused-ring (bicyclic) bond motifs is 1. The second-order valence-electron chi connectivity index (χ2n) is 4.96. The van der Waals surface area contributed by atoms with Crippen molar-refractivity contribution in [3.05, 3.63) is 30.0 Å². The van der Waals surface area contributed by atoms with Crippen LogP contribution in [0.4, 0.5) is 0 Å². The first-order valence-electron chi connectivity index (χ1n) is 7.36. The first-order valence-corrected chi connectivity index (χ1v) is 8.90. The molecule has 0 fully saturated rings. The standard InChI is InChI=1S/C15H19N2O6P/c1-3-22-24(21,23-4-2)10-5-6-13-11(7-10)12(15(16)20)8-17(13)9-14(18)19/h5-8H,3-4,9H2,1-2H3,(H2,16,20)(H,18,19). The molecule has 130 valence electrons. The van der Waals surface area contributed by atoms with Crippen molar-refractivity contribution in [2.24, 2.45) is 5.73 Å². The van der Waals surface area contributed by atoms with E-state index in [1.165, 1.54) is 22.9 Å². The van der Waals surface area contributed by atoms with Crippen molar-refractivity contribution >= 4 is 35.7 Å². The highest BCUT2D eigenvalue weighted by atomic mass is 31.2. The second kappa shape index (κ2) is 7.17. The minimum atomic E-state index is -3.52. The van der Waals surface area contributed by atoms with Crippen LogP contribution in [0.1, 0.15) is 24.2 Å². The maximum atomic E-state index is 12.9. The lowest BCUT2D eigenvalue weighted by atomic mass is 10.2. The van der Waals surface area contributed by atoms with Gasteiger partial charge in [0.1, 0.15) is 6.54 Å². The summed E-state index contributed by atoms with van der Waals surface area (Å²) in [6.45, 7) is 3.46. The predicted molar refractivity (Wildman–Crippen MR) is 88.6 cm³/mol. The Morgan fingerprint density at radius 2 is 1.88 bits per heavy atom. The van der Waals surface area contributed by atoms with Crippen LogP contribution in [0.5, 0.6) is 0 Å². The van der Waals surface area contributed by atoms with E-state index >= 15 is 0 Å². The molecular formula is C15H19N2O6P. The molecule has 9 heteroatoms. The molecule has 24 heavy (non-hydrogen) atoms. The minimum Gasteiger partial charge on any atom is -0.480 e. The molecule has 2 aromatic rings. The summed E-state index contributed by atoms with van der Waals surface area (Å²) < 4.78 is 24.8. The molecule has 0 aliphatic heterocycles. The van der Waals surface area contributed by atoms with E-state index in [2.05, 4.69) is 0 Å². The summed E-state index contributed by atoms with van der Waals surface area (Å²) in [5.74, 6) is -1.76. The first kappa shape index (κ1) is 18.2. The maximum absolute atomic E-state index is 12.9. The van der Waals surface area contributed by atoms with Gasteiger partial charge in [0.25, 0.3) is 5.91 Å². The van der Waals surface area contributed by atoms with Crippen molar-refractivity contribution < 1.29 is 28.3 Å². The molecule has 0 saturated heterocycles. The Kier molecular flexibility index (Phi) is 5.43. The fourth-order valence-electron chi connectivity index (χ4n) is 2.45. The number of carboxylic acids is 1. The van der Waals surface area contributed by atoms with E-state index < -0.39 is 19.5 Å². The van der Waals surface area contributed by atoms with Gasteiger partial charge in [0, 0.05) is 17.1 Å². The van der Waals surface area contributed by atoms with E-state index in [1.807, 2.05) is 0 Å². The van der Waals surface area contributed by atoms with Crippen LogP contribution in [-0.2, 0) is 25.0 Å². The summed E-state index contributed by atoms with van der Waals surface area (Å²) in [6.07, 6.45) is 1.37. The van der Waals surface area contributed by atoms with Gasteiger partial charge in [0.2, 0.25) is 0 Å². The number of aliphatic carboxylic acids is 1. The summed E-state index contributed by atoms with van der Waals surface area (Å²) in [5.41, 5.74) is 6.01. The molecule has 0 radical (unpaired) electrons. The number of benzene rings is 1. The summed E-state index contributed by atoms with van der Waals surface area (Å²) >= 11 is 0. The Bertz CT molecular complexity index is 819. The molecule has 1 heterocycles. The zero-order chi connectivity index (χ0) is 17.9. The van der Waals surface area contributed by atoms with Crippen LogP contribution in [0.25, 0.3) is 10.9 Å². The van der Waals surface area contributed by atoms with Crippen LogP contribution in [0.15, 0.2) is 24.4 Å². The number of carbonyl (C=O) groups is 2. The largest absolute Gasteiger partial charge is 0.480 e. The molecule has 2 rings (SSSR count). The Morgan fingerprint density at radius 1 is 1.25 bits per heavy atom. The van der Waals surface area contributed by atoms with Gasteiger partial charge in [-0.25, -0.2) is 0 Å².